The molecule has 34 heavy (non-hydrogen) atoms. The number of allylic oxidation sites excluding steroid dienone is 1. The van der Waals surface area contributed by atoms with Crippen molar-refractivity contribution in [3.05, 3.63) is 84.4 Å². The molecule has 1 aliphatic rings. The van der Waals surface area contributed by atoms with Crippen LogP contribution in [0.5, 0.6) is 0 Å². The lowest BCUT2D eigenvalue weighted by Crippen LogP contribution is -2.42. The molecule has 1 aliphatic heterocycles. The Balaban J connectivity index is 1.71. The molecular weight excluding hydrogens is 450 g/mol. The van der Waals surface area contributed by atoms with E-state index in [4.69, 9.17) is 9.47 Å². The topological polar surface area (TPSA) is 72.9 Å². The van der Waals surface area contributed by atoms with Crippen LogP contribution < -0.4 is 0 Å². The maximum atomic E-state index is 13.3. The smallest absolute Gasteiger partial charge is 0.416 e. The first kappa shape index (κ1) is 25.7. The third-order valence-electron chi connectivity index (χ3n) is 5.74. The van der Waals surface area contributed by atoms with E-state index in [0.717, 1.165) is 11.1 Å². The van der Waals surface area contributed by atoms with Crippen molar-refractivity contribution in [1.29, 1.82) is 0 Å². The van der Waals surface area contributed by atoms with Gasteiger partial charge in [0.1, 0.15) is 6.61 Å². The van der Waals surface area contributed by atoms with Crippen molar-refractivity contribution in [3.8, 4) is 0 Å². The van der Waals surface area contributed by atoms with E-state index in [9.17, 15) is 14.4 Å². The Morgan fingerprint density at radius 1 is 1.15 bits per heavy atom. The number of nitrogens with zero attached hydrogens (tertiary/aromatic N) is 1. The summed E-state index contributed by atoms with van der Waals surface area (Å²) in [4.78, 5) is 39.7. The second kappa shape index (κ2) is 13.1. The lowest BCUT2D eigenvalue weighted by atomic mass is 9.90. The summed E-state index contributed by atoms with van der Waals surface area (Å²) in [6.07, 6.45) is 1.45. The van der Waals surface area contributed by atoms with Crippen LogP contribution >= 0.6 is 11.8 Å². The third kappa shape index (κ3) is 7.05. The molecule has 3 atom stereocenters. The highest BCUT2D eigenvalue weighted by atomic mass is 32.2. The van der Waals surface area contributed by atoms with Gasteiger partial charge >= 0.3 is 6.09 Å². The van der Waals surface area contributed by atoms with E-state index >= 15 is 0 Å². The summed E-state index contributed by atoms with van der Waals surface area (Å²) in [5, 5.41) is -0.0524. The fraction of sp³-hybridized carbons (Fsp3) is 0.370. The van der Waals surface area contributed by atoms with Crippen molar-refractivity contribution in [2.45, 2.75) is 32.4 Å². The van der Waals surface area contributed by atoms with Crippen LogP contribution in [0.25, 0.3) is 0 Å². The third-order valence-corrected chi connectivity index (χ3v) is 6.59. The first-order valence-corrected chi connectivity index (χ1v) is 12.5. The second-order valence-corrected chi connectivity index (χ2v) is 9.43. The quantitative estimate of drug-likeness (QED) is 0.402. The molecule has 6 nitrogen and oxygen atoms in total. The summed E-state index contributed by atoms with van der Waals surface area (Å²) in [7, 11) is 0. The molecule has 0 aromatic heterocycles. The van der Waals surface area contributed by atoms with E-state index in [2.05, 4.69) is 6.58 Å². The fourth-order valence-electron chi connectivity index (χ4n) is 4.04. The number of benzene rings is 2. The number of hydrogen-bond donors (Lipinski definition) is 0. The Bertz CT molecular complexity index is 966. The molecule has 1 fully saturated rings. The number of carbonyl (C=O) groups is 3. The molecule has 1 saturated heterocycles. The Morgan fingerprint density at radius 3 is 2.41 bits per heavy atom. The van der Waals surface area contributed by atoms with Crippen molar-refractivity contribution >= 4 is 28.9 Å². The van der Waals surface area contributed by atoms with Crippen molar-refractivity contribution < 1.29 is 23.9 Å². The van der Waals surface area contributed by atoms with Gasteiger partial charge in [0, 0.05) is 12.3 Å². The highest BCUT2D eigenvalue weighted by Gasteiger charge is 2.40. The molecule has 0 bridgehead atoms. The van der Waals surface area contributed by atoms with Gasteiger partial charge in [-0.3, -0.25) is 9.59 Å². The first-order valence-electron chi connectivity index (χ1n) is 11.5. The molecule has 7 heteroatoms. The summed E-state index contributed by atoms with van der Waals surface area (Å²) < 4.78 is 11.1. The number of cyclic esters (lactones) is 1. The number of ether oxygens (including phenoxy) is 2. The van der Waals surface area contributed by atoms with Crippen LogP contribution in [-0.4, -0.2) is 47.0 Å². The van der Waals surface area contributed by atoms with Crippen LogP contribution in [0.2, 0.25) is 0 Å². The Kier molecular flexibility index (Phi) is 9.91. The Hall–Kier alpha value is -2.90. The average molecular weight is 482 g/mol. The van der Waals surface area contributed by atoms with Crippen LogP contribution in [-0.2, 0) is 32.1 Å². The molecule has 0 aliphatic carbocycles. The molecule has 0 saturated carbocycles. The predicted octanol–water partition coefficient (Wildman–Crippen LogP) is 4.88. The second-order valence-electron chi connectivity index (χ2n) is 8.16. The van der Waals surface area contributed by atoms with Crippen LogP contribution in [0.3, 0.4) is 0 Å². The minimum Gasteiger partial charge on any atom is -0.447 e. The molecule has 2 aromatic carbocycles. The molecule has 1 heterocycles. The molecule has 2 aromatic rings. The number of thioether (sulfide) groups is 1. The first-order chi connectivity index (χ1) is 16.5. The molecule has 0 spiro atoms. The van der Waals surface area contributed by atoms with Gasteiger partial charge < -0.3 is 9.47 Å². The van der Waals surface area contributed by atoms with Gasteiger partial charge in [-0.15, -0.1) is 6.58 Å². The Morgan fingerprint density at radius 2 is 1.79 bits per heavy atom. The maximum Gasteiger partial charge on any atom is 0.416 e. The van der Waals surface area contributed by atoms with E-state index in [1.807, 2.05) is 67.6 Å². The number of rotatable bonds is 12. The van der Waals surface area contributed by atoms with Crippen molar-refractivity contribution in [1.82, 2.24) is 4.90 Å². The molecule has 2 unspecified atom stereocenters. The van der Waals surface area contributed by atoms with E-state index in [-0.39, 0.29) is 36.7 Å². The zero-order valence-electron chi connectivity index (χ0n) is 19.4. The number of carbonyl (C=O) groups excluding carboxylic acids is 3. The summed E-state index contributed by atoms with van der Waals surface area (Å²) in [6.45, 7) is 6.46. The SMILES string of the molecule is C=CC(C(=O)SCC)C(COCc1ccccc1)CC(=O)N1C(=O)OC[C@H]1Cc1ccccc1. The number of imide groups is 1. The van der Waals surface area contributed by atoms with Gasteiger partial charge in [-0.05, 0) is 23.3 Å². The van der Waals surface area contributed by atoms with E-state index < -0.39 is 17.9 Å². The van der Waals surface area contributed by atoms with Crippen molar-refractivity contribution in [3.63, 3.8) is 0 Å². The number of hydrogen-bond acceptors (Lipinski definition) is 6. The van der Waals surface area contributed by atoms with Crippen LogP contribution in [0.4, 0.5) is 4.79 Å². The Labute approximate surface area is 205 Å². The molecular formula is C27H31NO5S. The highest BCUT2D eigenvalue weighted by molar-refractivity contribution is 8.13. The molecule has 3 rings (SSSR count). The zero-order chi connectivity index (χ0) is 24.3. The van der Waals surface area contributed by atoms with E-state index in [1.54, 1.807) is 6.08 Å². The standard InChI is InChI=1S/C27H31NO5S/c1-3-24(26(30)34-4-2)22(18-32-17-21-13-9-6-10-14-21)16-25(29)28-23(19-33-27(28)31)15-20-11-7-5-8-12-20/h3,5-14,22-24H,1,4,15-19H2,2H3/t22?,23-,24?/m1/s1. The maximum absolute atomic E-state index is 13.3. The van der Waals surface area contributed by atoms with Gasteiger partial charge in [-0.2, -0.15) is 0 Å². The normalized spacial score (nSPS) is 17.1. The predicted molar refractivity (Wildman–Crippen MR) is 133 cm³/mol. The average Bonchev–Trinajstić information content (AvgIpc) is 3.20. The summed E-state index contributed by atoms with van der Waals surface area (Å²) in [5.41, 5.74) is 2.02. The van der Waals surface area contributed by atoms with Crippen molar-refractivity contribution in [2.24, 2.45) is 11.8 Å². The summed E-state index contributed by atoms with van der Waals surface area (Å²) in [6, 6.07) is 19.0. The zero-order valence-corrected chi connectivity index (χ0v) is 20.2. The van der Waals surface area contributed by atoms with Crippen LogP contribution in [0.1, 0.15) is 24.5 Å². The van der Waals surface area contributed by atoms with Gasteiger partial charge in [-0.1, -0.05) is 85.4 Å². The minimum atomic E-state index is -0.640. The van der Waals surface area contributed by atoms with Gasteiger partial charge in [0.25, 0.3) is 0 Å². The lowest BCUT2D eigenvalue weighted by molar-refractivity contribution is -0.131. The van der Waals surface area contributed by atoms with Gasteiger partial charge in [-0.25, -0.2) is 9.69 Å². The van der Waals surface area contributed by atoms with Crippen LogP contribution in [0.15, 0.2) is 73.3 Å². The van der Waals surface area contributed by atoms with Crippen molar-refractivity contribution in [2.75, 3.05) is 19.0 Å². The molecule has 2 amide bonds. The summed E-state index contributed by atoms with van der Waals surface area (Å²) in [5.74, 6) is -0.730. The van der Waals surface area contributed by atoms with Gasteiger partial charge in [0.15, 0.2) is 5.12 Å². The molecule has 0 N–H and O–H groups in total. The van der Waals surface area contributed by atoms with E-state index in [0.29, 0.717) is 18.8 Å². The molecule has 0 radical (unpaired) electrons. The molecule has 180 valence electrons. The minimum absolute atomic E-state index is 0.0120. The lowest BCUT2D eigenvalue weighted by Gasteiger charge is -2.26. The monoisotopic (exact) mass is 481 g/mol. The van der Waals surface area contributed by atoms with Crippen LogP contribution in [0, 0.1) is 11.8 Å². The van der Waals surface area contributed by atoms with Gasteiger partial charge in [0.05, 0.1) is 25.2 Å². The van der Waals surface area contributed by atoms with E-state index in [1.165, 1.54) is 16.7 Å². The fourth-order valence-corrected chi connectivity index (χ4v) is 4.80. The highest BCUT2D eigenvalue weighted by Crippen LogP contribution is 2.27. The van der Waals surface area contributed by atoms with Gasteiger partial charge in [0.2, 0.25) is 5.91 Å². The summed E-state index contributed by atoms with van der Waals surface area (Å²) >= 11 is 1.20. The number of amides is 2. The largest absolute Gasteiger partial charge is 0.447 e.